The number of halogens is 1. The van der Waals surface area contributed by atoms with Crippen molar-refractivity contribution in [3.05, 3.63) is 68.5 Å². The minimum atomic E-state index is -0.516. The van der Waals surface area contributed by atoms with Crippen molar-refractivity contribution in [2.75, 3.05) is 11.9 Å². The third-order valence-electron chi connectivity index (χ3n) is 4.38. The third-order valence-corrected chi connectivity index (χ3v) is 5.27. The molecule has 1 aromatic heterocycles. The molecule has 3 rings (SSSR count). The van der Waals surface area contributed by atoms with Gasteiger partial charge >= 0.3 is 0 Å². The number of carbonyl (C=O) groups excluding carboxylic acids is 2. The molecule has 0 bridgehead atoms. The highest BCUT2D eigenvalue weighted by Gasteiger charge is 2.18. The number of nitrogens with one attached hydrogen (secondary N) is 2. The lowest BCUT2D eigenvalue weighted by Crippen LogP contribution is -2.35. The number of aromatic nitrogens is 2. The lowest BCUT2D eigenvalue weighted by atomic mass is 10.1. The summed E-state index contributed by atoms with van der Waals surface area (Å²) in [7, 11) is 0. The molecule has 29 heavy (non-hydrogen) atoms. The molecule has 0 saturated heterocycles. The molecular weight excluding hydrogens is 436 g/mol. The highest BCUT2D eigenvalue weighted by atomic mass is 79.9. The fourth-order valence-electron chi connectivity index (χ4n) is 2.90. The van der Waals surface area contributed by atoms with E-state index in [2.05, 4.69) is 31.7 Å². The van der Waals surface area contributed by atoms with Gasteiger partial charge in [-0.15, -0.1) is 0 Å². The van der Waals surface area contributed by atoms with E-state index in [1.54, 1.807) is 30.3 Å². The second-order valence-electron chi connectivity index (χ2n) is 6.93. The molecule has 0 unspecified atom stereocenters. The number of rotatable bonds is 5. The van der Waals surface area contributed by atoms with Crippen LogP contribution in [-0.2, 0) is 4.79 Å². The first-order valence-electron chi connectivity index (χ1n) is 9.13. The molecule has 0 aliphatic carbocycles. The Morgan fingerprint density at radius 3 is 2.48 bits per heavy atom. The van der Waals surface area contributed by atoms with Crippen molar-refractivity contribution >= 4 is 44.2 Å². The van der Waals surface area contributed by atoms with Crippen LogP contribution in [0.2, 0.25) is 0 Å². The first-order chi connectivity index (χ1) is 13.8. The van der Waals surface area contributed by atoms with Crippen LogP contribution in [0.1, 0.15) is 35.9 Å². The van der Waals surface area contributed by atoms with Crippen LogP contribution in [0.15, 0.2) is 51.7 Å². The number of fused-ring (bicyclic) bond motifs is 1. The predicted octanol–water partition coefficient (Wildman–Crippen LogP) is 3.42. The second-order valence-corrected chi connectivity index (χ2v) is 7.79. The Morgan fingerprint density at radius 2 is 1.83 bits per heavy atom. The number of nitrogens with zero attached hydrogens (tertiary/aromatic N) is 2. The Balaban J connectivity index is 1.79. The summed E-state index contributed by atoms with van der Waals surface area (Å²) in [6.45, 7) is 5.34. The Kier molecular flexibility index (Phi) is 6.12. The summed E-state index contributed by atoms with van der Waals surface area (Å²) in [6.07, 6.45) is 0. The van der Waals surface area contributed by atoms with E-state index in [9.17, 15) is 14.4 Å². The molecule has 0 aliphatic heterocycles. The Bertz CT molecular complexity index is 1150. The summed E-state index contributed by atoms with van der Waals surface area (Å²) in [5.74, 6) is -0.876. The summed E-state index contributed by atoms with van der Waals surface area (Å²) >= 11 is 3.41. The molecule has 2 aromatic carbocycles. The zero-order chi connectivity index (χ0) is 21.1. The van der Waals surface area contributed by atoms with Crippen molar-refractivity contribution in [3.8, 4) is 0 Å². The van der Waals surface area contributed by atoms with Crippen LogP contribution in [0.5, 0.6) is 0 Å². The number of aryl methyl sites for hydroxylation is 1. The van der Waals surface area contributed by atoms with Crippen molar-refractivity contribution in [2.24, 2.45) is 0 Å². The summed E-state index contributed by atoms with van der Waals surface area (Å²) in [5, 5.41) is 10.4. The Labute approximate surface area is 176 Å². The van der Waals surface area contributed by atoms with Crippen molar-refractivity contribution in [3.63, 3.8) is 0 Å². The molecule has 0 saturated carbocycles. The van der Waals surface area contributed by atoms with Gasteiger partial charge in [0.1, 0.15) is 0 Å². The number of amides is 2. The largest absolute Gasteiger partial charge is 0.342 e. The van der Waals surface area contributed by atoms with E-state index < -0.39 is 5.91 Å². The maximum atomic E-state index is 12.7. The van der Waals surface area contributed by atoms with Crippen LogP contribution in [0.3, 0.4) is 0 Å². The lowest BCUT2D eigenvalue weighted by Gasteiger charge is -2.13. The molecule has 0 spiro atoms. The molecule has 7 nitrogen and oxygen atoms in total. The van der Waals surface area contributed by atoms with E-state index in [1.165, 1.54) is 4.68 Å². The van der Waals surface area contributed by atoms with Gasteiger partial charge in [-0.05, 0) is 50.6 Å². The van der Waals surface area contributed by atoms with Gasteiger partial charge in [-0.3, -0.25) is 14.4 Å². The van der Waals surface area contributed by atoms with Gasteiger partial charge in [-0.1, -0.05) is 34.1 Å². The van der Waals surface area contributed by atoms with Gasteiger partial charge in [0.15, 0.2) is 5.69 Å². The van der Waals surface area contributed by atoms with Gasteiger partial charge in [0.05, 0.1) is 18.0 Å². The minimum absolute atomic E-state index is 0.112. The van der Waals surface area contributed by atoms with E-state index in [0.29, 0.717) is 16.5 Å². The number of hydrogen-bond donors (Lipinski definition) is 2. The van der Waals surface area contributed by atoms with E-state index in [0.717, 1.165) is 10.0 Å². The Morgan fingerprint density at radius 1 is 1.14 bits per heavy atom. The summed E-state index contributed by atoms with van der Waals surface area (Å²) in [5.41, 5.74) is 1.48. The van der Waals surface area contributed by atoms with E-state index >= 15 is 0 Å². The third kappa shape index (κ3) is 4.54. The van der Waals surface area contributed by atoms with Crippen LogP contribution in [0, 0.1) is 6.92 Å². The van der Waals surface area contributed by atoms with Crippen LogP contribution in [-0.4, -0.2) is 28.1 Å². The predicted molar refractivity (Wildman–Crippen MR) is 116 cm³/mol. The van der Waals surface area contributed by atoms with E-state index in [1.807, 2.05) is 32.9 Å². The van der Waals surface area contributed by atoms with Gasteiger partial charge in [0.2, 0.25) is 5.91 Å². The summed E-state index contributed by atoms with van der Waals surface area (Å²) < 4.78 is 2.23. The average Bonchev–Trinajstić information content (AvgIpc) is 2.69. The number of anilines is 1. The van der Waals surface area contributed by atoms with Crippen molar-refractivity contribution < 1.29 is 9.59 Å². The Hall–Kier alpha value is -3.00. The topological polar surface area (TPSA) is 93.1 Å². The van der Waals surface area contributed by atoms with Crippen LogP contribution in [0.25, 0.3) is 10.8 Å². The molecule has 2 N–H and O–H groups in total. The maximum Gasteiger partial charge on any atom is 0.274 e. The molecule has 0 aliphatic rings. The fourth-order valence-corrected chi connectivity index (χ4v) is 3.14. The van der Waals surface area contributed by atoms with Crippen LogP contribution in [0.4, 0.5) is 5.69 Å². The smallest absolute Gasteiger partial charge is 0.274 e. The molecule has 150 valence electrons. The first-order valence-corrected chi connectivity index (χ1v) is 9.93. The fraction of sp³-hybridized carbons (Fsp3) is 0.238. The first kappa shape index (κ1) is 20.7. The van der Waals surface area contributed by atoms with Crippen molar-refractivity contribution in [1.29, 1.82) is 0 Å². The zero-order valence-corrected chi connectivity index (χ0v) is 17.9. The van der Waals surface area contributed by atoms with Crippen LogP contribution >= 0.6 is 15.9 Å². The average molecular weight is 457 g/mol. The van der Waals surface area contributed by atoms with Gasteiger partial charge in [-0.25, -0.2) is 4.68 Å². The molecule has 2 amide bonds. The maximum absolute atomic E-state index is 12.7. The van der Waals surface area contributed by atoms with Crippen LogP contribution < -0.4 is 16.2 Å². The highest BCUT2D eigenvalue weighted by Crippen LogP contribution is 2.20. The standard InChI is InChI=1S/C21H21BrN4O3/c1-12(2)26-21(29)16-7-5-4-6-15(16)19(25-26)20(28)23-11-18(27)24-14-8-9-17(22)13(3)10-14/h4-10,12H,11H2,1-3H3,(H,23,28)(H,24,27). The zero-order valence-electron chi connectivity index (χ0n) is 16.3. The van der Waals surface area contributed by atoms with Gasteiger partial charge < -0.3 is 10.6 Å². The SMILES string of the molecule is Cc1cc(NC(=O)CNC(=O)c2nn(C(C)C)c(=O)c3ccccc23)ccc1Br. The second kappa shape index (κ2) is 8.57. The number of hydrogen-bond acceptors (Lipinski definition) is 4. The number of carbonyl (C=O) groups is 2. The molecule has 0 radical (unpaired) electrons. The minimum Gasteiger partial charge on any atom is -0.342 e. The van der Waals surface area contributed by atoms with E-state index in [4.69, 9.17) is 0 Å². The quantitative estimate of drug-likeness (QED) is 0.614. The molecule has 8 heteroatoms. The van der Waals surface area contributed by atoms with Gasteiger partial charge in [0.25, 0.3) is 11.5 Å². The molecular formula is C21H21BrN4O3. The monoisotopic (exact) mass is 456 g/mol. The van der Waals surface area contributed by atoms with Gasteiger partial charge in [0, 0.05) is 15.5 Å². The number of benzene rings is 2. The normalized spacial score (nSPS) is 10.9. The van der Waals surface area contributed by atoms with Crippen molar-refractivity contribution in [2.45, 2.75) is 26.8 Å². The van der Waals surface area contributed by atoms with E-state index in [-0.39, 0.29) is 29.7 Å². The lowest BCUT2D eigenvalue weighted by molar-refractivity contribution is -0.115. The molecule has 0 fully saturated rings. The van der Waals surface area contributed by atoms with Gasteiger partial charge in [-0.2, -0.15) is 5.10 Å². The summed E-state index contributed by atoms with van der Waals surface area (Å²) in [4.78, 5) is 37.5. The molecule has 3 aromatic rings. The molecule has 0 atom stereocenters. The summed E-state index contributed by atoms with van der Waals surface area (Å²) in [6, 6.07) is 12.1. The highest BCUT2D eigenvalue weighted by molar-refractivity contribution is 9.10. The van der Waals surface area contributed by atoms with Crippen molar-refractivity contribution in [1.82, 2.24) is 15.1 Å². The molecule has 1 heterocycles.